The molecule has 0 aliphatic rings. The third kappa shape index (κ3) is 2.39. The van der Waals surface area contributed by atoms with Gasteiger partial charge in [-0.2, -0.15) is 0 Å². The van der Waals surface area contributed by atoms with E-state index in [1.165, 1.54) is 32.0 Å². The summed E-state index contributed by atoms with van der Waals surface area (Å²) < 4.78 is 13.8. The van der Waals surface area contributed by atoms with Gasteiger partial charge < -0.3 is 5.11 Å². The maximum absolute atomic E-state index is 13.8. The monoisotopic (exact) mass is 244 g/mol. The van der Waals surface area contributed by atoms with E-state index in [1.807, 2.05) is 0 Å². The second-order valence-electron chi connectivity index (χ2n) is 3.77. The summed E-state index contributed by atoms with van der Waals surface area (Å²) in [6.45, 7) is 2.43. The number of alkyl halides is 1. The van der Waals surface area contributed by atoms with Crippen LogP contribution in [-0.2, 0) is 10.5 Å². The van der Waals surface area contributed by atoms with Crippen LogP contribution in [0, 0.1) is 0 Å². The lowest BCUT2D eigenvalue weighted by Gasteiger charge is -2.19. The van der Waals surface area contributed by atoms with Crippen LogP contribution in [0.25, 0.3) is 0 Å². The Morgan fingerprint density at radius 2 is 1.94 bits per heavy atom. The van der Waals surface area contributed by atoms with E-state index in [0.29, 0.717) is 0 Å². The van der Waals surface area contributed by atoms with Crippen LogP contribution in [0.15, 0.2) is 18.2 Å². The molecule has 0 heterocycles. The number of carbonyl (C=O) groups is 2. The van der Waals surface area contributed by atoms with Crippen LogP contribution in [0.3, 0.4) is 0 Å². The number of hydrogen-bond acceptors (Lipinski definition) is 2. The van der Waals surface area contributed by atoms with Crippen LogP contribution in [0.1, 0.15) is 29.8 Å². The highest BCUT2D eigenvalue weighted by Crippen LogP contribution is 2.34. The average Bonchev–Trinajstić information content (AvgIpc) is 2.14. The van der Waals surface area contributed by atoms with Gasteiger partial charge in [-0.3, -0.25) is 4.79 Å². The molecule has 0 radical (unpaired) electrons. The van der Waals surface area contributed by atoms with Crippen LogP contribution in [0.2, 0.25) is 5.02 Å². The average molecular weight is 245 g/mol. The van der Waals surface area contributed by atoms with E-state index < -0.39 is 17.4 Å². The molecule has 1 rings (SSSR count). The number of hydrogen-bond donors (Lipinski definition) is 1. The number of rotatable bonds is 3. The fourth-order valence-corrected chi connectivity index (χ4v) is 1.83. The van der Waals surface area contributed by atoms with Gasteiger partial charge in [0.25, 0.3) is 5.78 Å². The van der Waals surface area contributed by atoms with Crippen molar-refractivity contribution in [1.29, 1.82) is 0 Å². The smallest absolute Gasteiger partial charge is 0.377 e. The number of halogens is 2. The Bertz CT molecular complexity index is 449. The molecule has 0 atom stereocenters. The second-order valence-corrected chi connectivity index (χ2v) is 4.18. The van der Waals surface area contributed by atoms with Gasteiger partial charge in [0.2, 0.25) is 0 Å². The van der Waals surface area contributed by atoms with Gasteiger partial charge in [-0.1, -0.05) is 23.7 Å². The minimum atomic E-state index is -1.88. The topological polar surface area (TPSA) is 54.4 Å². The normalized spacial score (nSPS) is 11.2. The van der Waals surface area contributed by atoms with E-state index in [-0.39, 0.29) is 16.1 Å². The summed E-state index contributed by atoms with van der Waals surface area (Å²) in [5, 5.41) is 8.64. The Balaban J connectivity index is 3.46. The first kappa shape index (κ1) is 12.6. The van der Waals surface area contributed by atoms with Gasteiger partial charge in [-0.15, -0.1) is 0 Å². The van der Waals surface area contributed by atoms with Crippen molar-refractivity contribution in [2.75, 3.05) is 0 Å². The van der Waals surface area contributed by atoms with Gasteiger partial charge in [-0.05, 0) is 19.9 Å². The first-order chi connectivity index (χ1) is 7.25. The molecule has 1 N–H and O–H groups in total. The van der Waals surface area contributed by atoms with Crippen LogP contribution in [-0.4, -0.2) is 16.9 Å². The second kappa shape index (κ2) is 4.22. The molecule has 0 amide bonds. The van der Waals surface area contributed by atoms with Crippen molar-refractivity contribution in [3.63, 3.8) is 0 Å². The zero-order valence-electron chi connectivity index (χ0n) is 8.75. The summed E-state index contributed by atoms with van der Waals surface area (Å²) >= 11 is 5.78. The number of carbonyl (C=O) groups excluding carboxylic acids is 1. The van der Waals surface area contributed by atoms with Crippen LogP contribution < -0.4 is 0 Å². The molecular formula is C11H10ClFO3. The molecular weight excluding hydrogens is 235 g/mol. The van der Waals surface area contributed by atoms with E-state index in [0.717, 1.165) is 0 Å². The fourth-order valence-electron chi connectivity index (χ4n) is 1.43. The van der Waals surface area contributed by atoms with E-state index >= 15 is 0 Å². The van der Waals surface area contributed by atoms with Crippen molar-refractivity contribution >= 4 is 23.4 Å². The van der Waals surface area contributed by atoms with E-state index in [4.69, 9.17) is 16.7 Å². The lowest BCUT2D eigenvalue weighted by molar-refractivity contribution is -0.131. The van der Waals surface area contributed by atoms with E-state index in [2.05, 4.69) is 0 Å². The van der Waals surface area contributed by atoms with Crippen molar-refractivity contribution in [3.8, 4) is 0 Å². The molecule has 0 saturated carbocycles. The molecule has 1 aromatic carbocycles. The summed E-state index contributed by atoms with van der Waals surface area (Å²) in [5.74, 6) is -2.80. The zero-order valence-corrected chi connectivity index (χ0v) is 9.51. The van der Waals surface area contributed by atoms with Crippen molar-refractivity contribution in [1.82, 2.24) is 0 Å². The Morgan fingerprint density at radius 1 is 1.38 bits per heavy atom. The molecule has 3 nitrogen and oxygen atoms in total. The minimum Gasteiger partial charge on any atom is -0.475 e. The zero-order chi connectivity index (χ0) is 12.5. The van der Waals surface area contributed by atoms with Gasteiger partial charge in [0.05, 0.1) is 0 Å². The molecule has 0 aromatic heterocycles. The number of carboxylic acids is 1. The predicted octanol–water partition coefficient (Wildman–Crippen LogP) is 2.81. The van der Waals surface area contributed by atoms with Crippen molar-refractivity contribution in [3.05, 3.63) is 34.3 Å². The Kier molecular flexibility index (Phi) is 3.33. The number of Topliss-reactive ketones (excluding diaryl/α,β-unsaturated/α-hetero) is 1. The van der Waals surface area contributed by atoms with Crippen LogP contribution in [0.5, 0.6) is 0 Å². The molecule has 0 aliphatic heterocycles. The molecule has 86 valence electrons. The number of benzene rings is 1. The number of carboxylic acid groups (broad SMARTS) is 1. The molecule has 5 heteroatoms. The summed E-state index contributed by atoms with van der Waals surface area (Å²) in [7, 11) is 0. The Hall–Kier alpha value is -1.42. The summed E-state index contributed by atoms with van der Waals surface area (Å²) in [6, 6.07) is 4.07. The largest absolute Gasteiger partial charge is 0.475 e. The first-order valence-corrected chi connectivity index (χ1v) is 4.88. The van der Waals surface area contributed by atoms with Gasteiger partial charge in [0, 0.05) is 16.1 Å². The highest BCUT2D eigenvalue weighted by atomic mass is 35.5. The number of ketones is 1. The number of aliphatic carboxylic acids is 1. The molecule has 1 aromatic rings. The SMILES string of the molecule is CC(C)(F)c1c(Cl)cccc1C(=O)C(=O)O. The predicted molar refractivity (Wildman–Crippen MR) is 57.6 cm³/mol. The van der Waals surface area contributed by atoms with E-state index in [9.17, 15) is 14.0 Å². The molecule has 0 aliphatic carbocycles. The Labute approximate surface area is 96.8 Å². The molecule has 0 bridgehead atoms. The highest BCUT2D eigenvalue weighted by Gasteiger charge is 2.30. The standard InChI is InChI=1S/C11H10ClFO3/c1-11(2,13)8-6(9(14)10(15)16)4-3-5-7(8)12/h3-5H,1-2H3,(H,15,16). The molecule has 16 heavy (non-hydrogen) atoms. The minimum absolute atomic E-state index is 0.0413. The van der Waals surface area contributed by atoms with Crippen molar-refractivity contribution in [2.45, 2.75) is 19.5 Å². The van der Waals surface area contributed by atoms with Gasteiger partial charge in [-0.25, -0.2) is 9.18 Å². The lowest BCUT2D eigenvalue weighted by atomic mass is 9.92. The van der Waals surface area contributed by atoms with Crippen molar-refractivity contribution in [2.24, 2.45) is 0 Å². The van der Waals surface area contributed by atoms with E-state index in [1.54, 1.807) is 0 Å². The third-order valence-corrected chi connectivity index (χ3v) is 2.36. The molecule has 0 spiro atoms. The van der Waals surface area contributed by atoms with Crippen LogP contribution >= 0.6 is 11.6 Å². The summed E-state index contributed by atoms with van der Waals surface area (Å²) in [5.41, 5.74) is -2.18. The van der Waals surface area contributed by atoms with Crippen LogP contribution in [0.4, 0.5) is 4.39 Å². The highest BCUT2D eigenvalue weighted by molar-refractivity contribution is 6.41. The lowest BCUT2D eigenvalue weighted by Crippen LogP contribution is -2.21. The third-order valence-electron chi connectivity index (χ3n) is 2.05. The van der Waals surface area contributed by atoms with Crippen molar-refractivity contribution < 1.29 is 19.1 Å². The molecule has 0 unspecified atom stereocenters. The molecule has 0 fully saturated rings. The maximum atomic E-state index is 13.8. The molecule has 0 saturated heterocycles. The van der Waals surface area contributed by atoms with Gasteiger partial charge in [0.15, 0.2) is 0 Å². The van der Waals surface area contributed by atoms with Gasteiger partial charge in [0.1, 0.15) is 5.67 Å². The maximum Gasteiger partial charge on any atom is 0.377 e. The van der Waals surface area contributed by atoms with Gasteiger partial charge >= 0.3 is 5.97 Å². The summed E-state index contributed by atoms with van der Waals surface area (Å²) in [4.78, 5) is 21.9. The Morgan fingerprint density at radius 3 is 2.38 bits per heavy atom. The fraction of sp³-hybridized carbons (Fsp3) is 0.273. The first-order valence-electron chi connectivity index (χ1n) is 4.50. The quantitative estimate of drug-likeness (QED) is 0.657. The summed E-state index contributed by atoms with van der Waals surface area (Å²) in [6.07, 6.45) is 0.